The summed E-state index contributed by atoms with van der Waals surface area (Å²) in [5.41, 5.74) is 3.06. The number of hydrogen-bond acceptors (Lipinski definition) is 3. The van der Waals surface area contributed by atoms with Crippen LogP contribution in [0.4, 0.5) is 5.69 Å². The van der Waals surface area contributed by atoms with Gasteiger partial charge in [0.2, 0.25) is 5.91 Å². The molecule has 0 unspecified atom stereocenters. The van der Waals surface area contributed by atoms with Crippen LogP contribution in [0.15, 0.2) is 48.5 Å². The summed E-state index contributed by atoms with van der Waals surface area (Å²) in [7, 11) is 0. The molecule has 6 heteroatoms. The van der Waals surface area contributed by atoms with E-state index in [1.54, 1.807) is 17.0 Å². The molecular formula is C23H28N3O3+. The topological polar surface area (TPSA) is 71.9 Å². The van der Waals surface area contributed by atoms with E-state index in [1.807, 2.05) is 18.2 Å². The lowest BCUT2D eigenvalue weighted by atomic mass is 10.0. The van der Waals surface area contributed by atoms with Gasteiger partial charge in [-0.2, -0.15) is 0 Å². The number of carbonyl (C=O) groups is 2. The Balaban J connectivity index is 1.32. The number of likely N-dealkylation sites (tertiary alicyclic amines) is 1. The lowest BCUT2D eigenvalue weighted by Crippen LogP contribution is -3.11. The molecule has 1 saturated heterocycles. The zero-order chi connectivity index (χ0) is 20.1. The number of amides is 2. The Kier molecular flexibility index (Phi) is 6.10. The van der Waals surface area contributed by atoms with Gasteiger partial charge in [-0.15, -0.1) is 0 Å². The minimum absolute atomic E-state index is 0.000288. The van der Waals surface area contributed by atoms with Crippen LogP contribution in [-0.4, -0.2) is 31.0 Å². The minimum Gasteiger partial charge on any atom is -0.478 e. The minimum atomic E-state index is -0.807. The van der Waals surface area contributed by atoms with Crippen molar-refractivity contribution in [1.29, 1.82) is 0 Å². The monoisotopic (exact) mass is 394 g/mol. The summed E-state index contributed by atoms with van der Waals surface area (Å²) in [6.45, 7) is 3.90. The van der Waals surface area contributed by atoms with E-state index in [-0.39, 0.29) is 18.2 Å². The molecule has 2 aliphatic rings. The highest BCUT2D eigenvalue weighted by atomic mass is 16.5. The SMILES string of the molecule is O=C(C[C@@H]1Oc2ccccc2NC1=O)NCc1ccccc1C[NH+]1CCCCC1. The lowest BCUT2D eigenvalue weighted by molar-refractivity contribution is -0.918. The molecule has 0 aromatic heterocycles. The van der Waals surface area contributed by atoms with Gasteiger partial charge in [0.15, 0.2) is 6.10 Å². The van der Waals surface area contributed by atoms with Crippen LogP contribution in [0.5, 0.6) is 5.75 Å². The molecular weight excluding hydrogens is 366 g/mol. The zero-order valence-electron chi connectivity index (χ0n) is 16.6. The summed E-state index contributed by atoms with van der Waals surface area (Å²) in [5.74, 6) is 0.123. The molecule has 0 aliphatic carbocycles. The maximum Gasteiger partial charge on any atom is 0.266 e. The Morgan fingerprint density at radius 2 is 1.76 bits per heavy atom. The number of rotatable bonds is 6. The van der Waals surface area contributed by atoms with Gasteiger partial charge in [-0.1, -0.05) is 36.4 Å². The van der Waals surface area contributed by atoms with E-state index < -0.39 is 6.10 Å². The van der Waals surface area contributed by atoms with Gasteiger partial charge in [-0.05, 0) is 37.0 Å². The van der Waals surface area contributed by atoms with Crippen LogP contribution in [-0.2, 0) is 22.7 Å². The van der Waals surface area contributed by atoms with Gasteiger partial charge in [-0.25, -0.2) is 0 Å². The lowest BCUT2D eigenvalue weighted by Gasteiger charge is -2.25. The number of carbonyl (C=O) groups excluding carboxylic acids is 2. The van der Waals surface area contributed by atoms with Crippen LogP contribution in [0.25, 0.3) is 0 Å². The molecule has 4 rings (SSSR count). The number of ether oxygens (including phenoxy) is 1. The third-order valence-electron chi connectivity index (χ3n) is 5.67. The van der Waals surface area contributed by atoms with Gasteiger partial charge in [0, 0.05) is 12.1 Å². The van der Waals surface area contributed by atoms with Crippen molar-refractivity contribution < 1.29 is 19.2 Å². The number of anilines is 1. The summed E-state index contributed by atoms with van der Waals surface area (Å²) in [4.78, 5) is 26.3. The van der Waals surface area contributed by atoms with E-state index in [4.69, 9.17) is 4.74 Å². The first-order chi connectivity index (χ1) is 14.2. The van der Waals surface area contributed by atoms with Crippen molar-refractivity contribution in [1.82, 2.24) is 5.32 Å². The van der Waals surface area contributed by atoms with Gasteiger partial charge in [-0.3, -0.25) is 9.59 Å². The van der Waals surface area contributed by atoms with E-state index >= 15 is 0 Å². The average Bonchev–Trinajstić information content (AvgIpc) is 2.74. The maximum absolute atomic E-state index is 12.5. The number of hydrogen-bond donors (Lipinski definition) is 3. The summed E-state index contributed by atoms with van der Waals surface area (Å²) >= 11 is 0. The summed E-state index contributed by atoms with van der Waals surface area (Å²) in [6, 6.07) is 15.5. The van der Waals surface area contributed by atoms with Gasteiger partial charge in [0.25, 0.3) is 5.91 Å². The van der Waals surface area contributed by atoms with Gasteiger partial charge >= 0.3 is 0 Å². The smallest absolute Gasteiger partial charge is 0.266 e. The predicted molar refractivity (Wildman–Crippen MR) is 111 cm³/mol. The van der Waals surface area contributed by atoms with Crippen LogP contribution in [0.3, 0.4) is 0 Å². The Labute approximate surface area is 171 Å². The fraction of sp³-hybridized carbons (Fsp3) is 0.391. The molecule has 29 heavy (non-hydrogen) atoms. The number of para-hydroxylation sites is 2. The molecule has 2 aromatic rings. The first-order valence-electron chi connectivity index (χ1n) is 10.4. The maximum atomic E-state index is 12.5. The van der Waals surface area contributed by atoms with Crippen LogP contribution in [0.1, 0.15) is 36.8 Å². The predicted octanol–water partition coefficient (Wildman–Crippen LogP) is 1.66. The van der Waals surface area contributed by atoms with Crippen LogP contribution >= 0.6 is 0 Å². The fourth-order valence-electron chi connectivity index (χ4n) is 4.06. The van der Waals surface area contributed by atoms with E-state index in [2.05, 4.69) is 28.8 Å². The van der Waals surface area contributed by atoms with Gasteiger partial charge < -0.3 is 20.3 Å². The summed E-state index contributed by atoms with van der Waals surface area (Å²) in [5, 5.41) is 5.76. The quantitative estimate of drug-likeness (QED) is 0.698. The molecule has 3 N–H and O–H groups in total. The van der Waals surface area contributed by atoms with Crippen molar-refractivity contribution in [2.45, 2.75) is 44.9 Å². The zero-order valence-corrected chi connectivity index (χ0v) is 16.6. The van der Waals surface area contributed by atoms with E-state index in [0.29, 0.717) is 18.0 Å². The number of fused-ring (bicyclic) bond motifs is 1. The molecule has 0 radical (unpaired) electrons. The van der Waals surface area contributed by atoms with Crippen LogP contribution in [0.2, 0.25) is 0 Å². The van der Waals surface area contributed by atoms with E-state index in [0.717, 1.165) is 12.1 Å². The first-order valence-corrected chi connectivity index (χ1v) is 10.4. The summed E-state index contributed by atoms with van der Waals surface area (Å²) in [6.07, 6.45) is 3.11. The number of quaternary nitrogens is 1. The van der Waals surface area contributed by atoms with E-state index in [9.17, 15) is 9.59 Å². The highest BCUT2D eigenvalue weighted by Crippen LogP contribution is 2.29. The fourth-order valence-corrected chi connectivity index (χ4v) is 4.06. The van der Waals surface area contributed by atoms with Crippen molar-refractivity contribution in [2.75, 3.05) is 18.4 Å². The highest BCUT2D eigenvalue weighted by molar-refractivity contribution is 5.99. The Morgan fingerprint density at radius 3 is 2.59 bits per heavy atom. The van der Waals surface area contributed by atoms with Gasteiger partial charge in [0.05, 0.1) is 25.2 Å². The molecule has 1 atom stereocenters. The normalized spacial score (nSPS) is 19.0. The Bertz CT molecular complexity index is 877. The molecule has 2 amide bonds. The number of piperidine rings is 1. The third-order valence-corrected chi connectivity index (χ3v) is 5.67. The standard InChI is InChI=1S/C23H27N3O3/c27-22(14-21-23(28)25-19-10-4-5-11-20(19)29-21)24-15-17-8-2-3-9-18(17)16-26-12-6-1-7-13-26/h2-5,8-11,21H,1,6-7,12-16H2,(H,24,27)(H,25,28)/p+1/t21-/m0/s1. The molecule has 0 saturated carbocycles. The Hall–Kier alpha value is -2.86. The molecule has 2 heterocycles. The second-order valence-corrected chi connectivity index (χ2v) is 7.83. The molecule has 6 nitrogen and oxygen atoms in total. The molecule has 1 fully saturated rings. The van der Waals surface area contributed by atoms with Crippen molar-refractivity contribution in [2.24, 2.45) is 0 Å². The van der Waals surface area contributed by atoms with Crippen LogP contribution < -0.4 is 20.3 Å². The first kappa shape index (κ1) is 19.5. The second kappa shape index (κ2) is 9.09. The number of nitrogens with one attached hydrogen (secondary N) is 3. The third kappa shape index (κ3) is 4.95. The average molecular weight is 394 g/mol. The molecule has 2 aromatic carbocycles. The Morgan fingerprint density at radius 1 is 1.03 bits per heavy atom. The van der Waals surface area contributed by atoms with Crippen molar-refractivity contribution in [3.8, 4) is 5.75 Å². The second-order valence-electron chi connectivity index (χ2n) is 7.83. The molecule has 152 valence electrons. The number of benzene rings is 2. The van der Waals surface area contributed by atoms with Crippen molar-refractivity contribution in [3.63, 3.8) is 0 Å². The highest BCUT2D eigenvalue weighted by Gasteiger charge is 2.29. The van der Waals surface area contributed by atoms with Gasteiger partial charge in [0.1, 0.15) is 12.3 Å². The largest absolute Gasteiger partial charge is 0.478 e. The van der Waals surface area contributed by atoms with E-state index in [1.165, 1.54) is 37.9 Å². The van der Waals surface area contributed by atoms with Crippen molar-refractivity contribution in [3.05, 3.63) is 59.7 Å². The molecule has 0 bridgehead atoms. The summed E-state index contributed by atoms with van der Waals surface area (Å²) < 4.78 is 5.71. The van der Waals surface area contributed by atoms with Crippen LogP contribution in [0, 0.1) is 0 Å². The molecule has 2 aliphatic heterocycles. The molecule has 0 spiro atoms. The van der Waals surface area contributed by atoms with Crippen molar-refractivity contribution >= 4 is 17.5 Å².